The highest BCUT2D eigenvalue weighted by atomic mass is 35.5. The topological polar surface area (TPSA) is 3.24 Å². The van der Waals surface area contributed by atoms with Crippen LogP contribution < -0.4 is 4.90 Å². The van der Waals surface area contributed by atoms with E-state index < -0.39 is 0 Å². The standard InChI is InChI=1S/C9H12ClN/c1-7-6-8(11(2)3)4-5-9(7)10/h4-6H,1-3H3. The maximum atomic E-state index is 5.87. The van der Waals surface area contributed by atoms with E-state index in [2.05, 4.69) is 11.0 Å². The van der Waals surface area contributed by atoms with Crippen LogP contribution in [0.1, 0.15) is 5.56 Å². The number of anilines is 1. The smallest absolute Gasteiger partial charge is 0.0436 e. The van der Waals surface area contributed by atoms with Gasteiger partial charge in [-0.25, -0.2) is 0 Å². The van der Waals surface area contributed by atoms with Crippen LogP contribution >= 0.6 is 11.6 Å². The predicted octanol–water partition coefficient (Wildman–Crippen LogP) is 2.71. The monoisotopic (exact) mass is 169 g/mol. The number of benzene rings is 1. The van der Waals surface area contributed by atoms with Crippen LogP contribution in [0.3, 0.4) is 0 Å². The summed E-state index contributed by atoms with van der Waals surface area (Å²) >= 11 is 5.87. The Kier molecular flexibility index (Phi) is 2.40. The zero-order chi connectivity index (χ0) is 8.43. The van der Waals surface area contributed by atoms with Crippen molar-refractivity contribution in [3.8, 4) is 0 Å². The van der Waals surface area contributed by atoms with Crippen molar-refractivity contribution in [3.05, 3.63) is 28.8 Å². The molecule has 0 radical (unpaired) electrons. The van der Waals surface area contributed by atoms with Crippen molar-refractivity contribution in [1.82, 2.24) is 0 Å². The maximum absolute atomic E-state index is 5.87. The average molecular weight is 170 g/mol. The van der Waals surface area contributed by atoms with Crippen LogP contribution in [0.25, 0.3) is 0 Å². The minimum atomic E-state index is 0.829. The molecule has 0 N–H and O–H groups in total. The van der Waals surface area contributed by atoms with Gasteiger partial charge in [0.05, 0.1) is 0 Å². The lowest BCUT2D eigenvalue weighted by molar-refractivity contribution is 1.13. The Hall–Kier alpha value is -0.690. The predicted molar refractivity (Wildman–Crippen MR) is 50.5 cm³/mol. The molecule has 0 atom stereocenters. The van der Waals surface area contributed by atoms with Gasteiger partial charge >= 0.3 is 0 Å². The Morgan fingerprint density at radius 2 is 1.91 bits per heavy atom. The Balaban J connectivity index is 3.05. The summed E-state index contributed by atoms with van der Waals surface area (Å²) in [5.74, 6) is 0. The van der Waals surface area contributed by atoms with Gasteiger partial charge in [-0.05, 0) is 30.7 Å². The molecule has 1 rings (SSSR count). The molecule has 0 amide bonds. The average Bonchev–Trinajstić information content (AvgIpc) is 1.94. The summed E-state index contributed by atoms with van der Waals surface area (Å²) in [6.45, 7) is 2.01. The lowest BCUT2D eigenvalue weighted by atomic mass is 10.2. The molecular formula is C9H12ClN. The lowest BCUT2D eigenvalue weighted by Gasteiger charge is -2.12. The molecule has 1 aromatic carbocycles. The molecule has 0 aromatic heterocycles. The SMILES string of the molecule is Cc1cc(N(C)C)ccc1Cl. The number of hydrogen-bond acceptors (Lipinski definition) is 1. The summed E-state index contributed by atoms with van der Waals surface area (Å²) in [4.78, 5) is 2.06. The third kappa shape index (κ3) is 1.87. The first kappa shape index (κ1) is 8.41. The number of rotatable bonds is 1. The van der Waals surface area contributed by atoms with Gasteiger partial charge in [0.25, 0.3) is 0 Å². The summed E-state index contributed by atoms with van der Waals surface area (Å²) in [6, 6.07) is 6.00. The minimum absolute atomic E-state index is 0.829. The van der Waals surface area contributed by atoms with Crippen molar-refractivity contribution in [3.63, 3.8) is 0 Å². The molecule has 0 saturated carbocycles. The highest BCUT2D eigenvalue weighted by Crippen LogP contribution is 2.20. The number of nitrogens with zero attached hydrogens (tertiary/aromatic N) is 1. The van der Waals surface area contributed by atoms with Gasteiger partial charge in [0.1, 0.15) is 0 Å². The molecule has 2 heteroatoms. The second-order valence-corrected chi connectivity index (χ2v) is 3.24. The van der Waals surface area contributed by atoms with Gasteiger partial charge in [0.2, 0.25) is 0 Å². The fraction of sp³-hybridized carbons (Fsp3) is 0.333. The maximum Gasteiger partial charge on any atom is 0.0436 e. The molecule has 0 aliphatic rings. The second-order valence-electron chi connectivity index (χ2n) is 2.83. The third-order valence-electron chi connectivity index (χ3n) is 1.66. The van der Waals surface area contributed by atoms with Crippen LogP contribution in [-0.4, -0.2) is 14.1 Å². The van der Waals surface area contributed by atoms with Crippen LogP contribution in [0, 0.1) is 6.92 Å². The summed E-state index contributed by atoms with van der Waals surface area (Å²) < 4.78 is 0. The van der Waals surface area contributed by atoms with Gasteiger partial charge in [-0.3, -0.25) is 0 Å². The fourth-order valence-corrected chi connectivity index (χ4v) is 1.02. The van der Waals surface area contributed by atoms with E-state index in [1.54, 1.807) is 0 Å². The van der Waals surface area contributed by atoms with Gasteiger partial charge in [-0.2, -0.15) is 0 Å². The summed E-state index contributed by atoms with van der Waals surface area (Å²) in [7, 11) is 4.03. The van der Waals surface area contributed by atoms with E-state index >= 15 is 0 Å². The van der Waals surface area contributed by atoms with E-state index in [0.29, 0.717) is 0 Å². The third-order valence-corrected chi connectivity index (χ3v) is 2.08. The lowest BCUT2D eigenvalue weighted by Crippen LogP contribution is -2.08. The fourth-order valence-electron chi connectivity index (χ4n) is 0.907. The molecule has 0 saturated heterocycles. The molecule has 0 bridgehead atoms. The summed E-state index contributed by atoms with van der Waals surface area (Å²) in [6.07, 6.45) is 0. The molecule has 0 aliphatic carbocycles. The van der Waals surface area contributed by atoms with Crippen LogP contribution in [0.2, 0.25) is 5.02 Å². The second kappa shape index (κ2) is 3.14. The van der Waals surface area contributed by atoms with E-state index in [0.717, 1.165) is 10.6 Å². The van der Waals surface area contributed by atoms with Crippen molar-refractivity contribution in [2.24, 2.45) is 0 Å². The normalized spacial score (nSPS) is 9.82. The molecule has 0 spiro atoms. The van der Waals surface area contributed by atoms with Gasteiger partial charge in [0, 0.05) is 24.8 Å². The number of halogens is 1. The molecule has 1 aromatic rings. The van der Waals surface area contributed by atoms with Crippen molar-refractivity contribution >= 4 is 17.3 Å². The largest absolute Gasteiger partial charge is 0.378 e. The number of aryl methyl sites for hydroxylation is 1. The molecule has 60 valence electrons. The molecule has 11 heavy (non-hydrogen) atoms. The van der Waals surface area contributed by atoms with Crippen LogP contribution in [0.4, 0.5) is 5.69 Å². The van der Waals surface area contributed by atoms with Crippen molar-refractivity contribution in [2.75, 3.05) is 19.0 Å². The summed E-state index contributed by atoms with van der Waals surface area (Å²) in [5, 5.41) is 0.829. The number of hydrogen-bond donors (Lipinski definition) is 0. The summed E-state index contributed by atoms with van der Waals surface area (Å²) in [5.41, 5.74) is 2.31. The van der Waals surface area contributed by atoms with E-state index in [9.17, 15) is 0 Å². The first-order chi connectivity index (χ1) is 5.11. The highest BCUT2D eigenvalue weighted by Gasteiger charge is 1.97. The molecular weight excluding hydrogens is 158 g/mol. The van der Waals surface area contributed by atoms with Crippen molar-refractivity contribution in [2.45, 2.75) is 6.92 Å². The van der Waals surface area contributed by atoms with Crippen molar-refractivity contribution < 1.29 is 0 Å². The molecule has 0 fully saturated rings. The zero-order valence-electron chi connectivity index (χ0n) is 7.06. The molecule has 0 unspecified atom stereocenters. The van der Waals surface area contributed by atoms with E-state index in [-0.39, 0.29) is 0 Å². The van der Waals surface area contributed by atoms with Gasteiger partial charge < -0.3 is 4.90 Å². The van der Waals surface area contributed by atoms with Gasteiger partial charge in [-0.1, -0.05) is 11.6 Å². The minimum Gasteiger partial charge on any atom is -0.378 e. The molecule has 0 heterocycles. The Bertz CT molecular complexity index is 256. The van der Waals surface area contributed by atoms with Gasteiger partial charge in [0.15, 0.2) is 0 Å². The van der Waals surface area contributed by atoms with Crippen LogP contribution in [0.15, 0.2) is 18.2 Å². The molecule has 1 nitrogen and oxygen atoms in total. The Labute approximate surface area is 72.6 Å². The quantitative estimate of drug-likeness (QED) is 0.625. The van der Waals surface area contributed by atoms with E-state index in [4.69, 9.17) is 11.6 Å². The molecule has 0 aliphatic heterocycles. The first-order valence-electron chi connectivity index (χ1n) is 3.55. The van der Waals surface area contributed by atoms with Crippen LogP contribution in [-0.2, 0) is 0 Å². The Morgan fingerprint density at radius 3 is 2.36 bits per heavy atom. The van der Waals surface area contributed by atoms with E-state index in [1.165, 1.54) is 5.69 Å². The van der Waals surface area contributed by atoms with E-state index in [1.807, 2.05) is 33.2 Å². The van der Waals surface area contributed by atoms with Crippen molar-refractivity contribution in [1.29, 1.82) is 0 Å². The Morgan fingerprint density at radius 1 is 1.27 bits per heavy atom. The van der Waals surface area contributed by atoms with Crippen LogP contribution in [0.5, 0.6) is 0 Å². The van der Waals surface area contributed by atoms with Gasteiger partial charge in [-0.15, -0.1) is 0 Å². The first-order valence-corrected chi connectivity index (χ1v) is 3.92. The zero-order valence-corrected chi connectivity index (χ0v) is 7.81. The highest BCUT2D eigenvalue weighted by molar-refractivity contribution is 6.31.